The van der Waals surface area contributed by atoms with Gasteiger partial charge in [-0.1, -0.05) is 18.2 Å². The van der Waals surface area contributed by atoms with Crippen molar-refractivity contribution in [1.29, 1.82) is 0 Å². The van der Waals surface area contributed by atoms with Gasteiger partial charge in [-0.05, 0) is 49.2 Å². The van der Waals surface area contributed by atoms with E-state index >= 15 is 8.78 Å². The number of nitrogens with zero attached hydrogens (tertiary/aromatic N) is 3. The number of fused-ring (bicyclic) bond motifs is 1. The normalized spacial score (nSPS) is 13.3. The van der Waals surface area contributed by atoms with Crippen molar-refractivity contribution < 1.29 is 31.1 Å². The van der Waals surface area contributed by atoms with E-state index in [0.717, 1.165) is 35.4 Å². The van der Waals surface area contributed by atoms with Gasteiger partial charge in [-0.25, -0.2) is 22.6 Å². The van der Waals surface area contributed by atoms with Crippen LogP contribution in [0.3, 0.4) is 0 Å². The molecule has 208 valence electrons. The van der Waals surface area contributed by atoms with Crippen LogP contribution in [0.25, 0.3) is 16.9 Å². The van der Waals surface area contributed by atoms with E-state index < -0.39 is 40.9 Å². The molecule has 0 bridgehead atoms. The number of amides is 2. The van der Waals surface area contributed by atoms with Crippen molar-refractivity contribution in [2.75, 3.05) is 16.8 Å². The van der Waals surface area contributed by atoms with Crippen LogP contribution < -0.4 is 16.0 Å². The van der Waals surface area contributed by atoms with Gasteiger partial charge < -0.3 is 16.0 Å². The van der Waals surface area contributed by atoms with E-state index in [1.165, 1.54) is 9.58 Å². The van der Waals surface area contributed by atoms with Crippen LogP contribution in [-0.2, 0) is 19.1 Å². The monoisotopic (exact) mass is 559 g/mol. The summed E-state index contributed by atoms with van der Waals surface area (Å²) in [5.74, 6) is -2.88. The molecule has 1 aromatic heterocycles. The molecule has 3 N–H and O–H groups in total. The van der Waals surface area contributed by atoms with E-state index in [9.17, 15) is 22.4 Å². The van der Waals surface area contributed by atoms with Gasteiger partial charge in [-0.2, -0.15) is 18.3 Å². The Hall–Kier alpha value is -4.48. The molecule has 4 aromatic rings. The number of halogens is 6. The number of rotatable bonds is 4. The van der Waals surface area contributed by atoms with Crippen molar-refractivity contribution in [2.24, 2.45) is 5.73 Å². The number of hydrogen-bond donors (Lipinski definition) is 2. The Labute approximate surface area is 225 Å². The Bertz CT molecular complexity index is 1630. The molecule has 0 atom stereocenters. The number of anilines is 2. The lowest BCUT2D eigenvalue weighted by Crippen LogP contribution is -2.31. The minimum atomic E-state index is -4.70. The van der Waals surface area contributed by atoms with Gasteiger partial charge in [0.05, 0.1) is 34.0 Å². The van der Waals surface area contributed by atoms with Gasteiger partial charge in [0.15, 0.2) is 0 Å². The fourth-order valence-corrected chi connectivity index (χ4v) is 5.05. The highest BCUT2D eigenvalue weighted by Crippen LogP contribution is 2.39. The van der Waals surface area contributed by atoms with Crippen LogP contribution in [0.1, 0.15) is 27.9 Å². The summed E-state index contributed by atoms with van der Waals surface area (Å²) >= 11 is 0. The largest absolute Gasteiger partial charge is 0.416 e. The first-order valence-corrected chi connectivity index (χ1v) is 12.2. The lowest BCUT2D eigenvalue weighted by molar-refractivity contribution is -0.137. The van der Waals surface area contributed by atoms with Crippen molar-refractivity contribution in [1.82, 2.24) is 9.78 Å². The quantitative estimate of drug-likeness (QED) is 0.275. The maximum atomic E-state index is 15.6. The summed E-state index contributed by atoms with van der Waals surface area (Å²) in [5.41, 5.74) is 6.74. The third-order valence-corrected chi connectivity index (χ3v) is 6.87. The lowest BCUT2D eigenvalue weighted by atomic mass is 9.98. The first-order chi connectivity index (χ1) is 18.8. The summed E-state index contributed by atoms with van der Waals surface area (Å²) < 4.78 is 86.3. The molecule has 2 heterocycles. The van der Waals surface area contributed by atoms with Crippen molar-refractivity contribution in [3.8, 4) is 16.9 Å². The van der Waals surface area contributed by atoms with Gasteiger partial charge in [0.2, 0.25) is 0 Å². The fraction of sp³-hybridized carbons (Fsp3) is 0.214. The Morgan fingerprint density at radius 2 is 1.68 bits per heavy atom. The number of carbonyl (C=O) groups is 1. The zero-order valence-electron chi connectivity index (χ0n) is 21.3. The van der Waals surface area contributed by atoms with Crippen LogP contribution >= 0.6 is 0 Å². The zero-order valence-corrected chi connectivity index (χ0v) is 21.3. The summed E-state index contributed by atoms with van der Waals surface area (Å²) in [4.78, 5) is 12.8. The lowest BCUT2D eigenvalue weighted by Gasteiger charge is -2.29. The molecule has 0 unspecified atom stereocenters. The predicted molar refractivity (Wildman–Crippen MR) is 138 cm³/mol. The summed E-state index contributed by atoms with van der Waals surface area (Å²) in [6.07, 6.45) is -4.43. The van der Waals surface area contributed by atoms with Gasteiger partial charge in [-0.15, -0.1) is 0 Å². The number of urea groups is 1. The second-order valence-corrected chi connectivity index (χ2v) is 9.56. The number of para-hydroxylation sites is 1. The van der Waals surface area contributed by atoms with Crippen LogP contribution in [0.2, 0.25) is 0 Å². The van der Waals surface area contributed by atoms with E-state index in [1.807, 2.05) is 37.4 Å². The third-order valence-electron chi connectivity index (χ3n) is 6.87. The van der Waals surface area contributed by atoms with Gasteiger partial charge in [0.25, 0.3) is 0 Å². The molecule has 12 heteroatoms. The first kappa shape index (κ1) is 27.1. The van der Waals surface area contributed by atoms with Crippen molar-refractivity contribution in [3.63, 3.8) is 0 Å². The smallest absolute Gasteiger partial charge is 0.364 e. The fourth-order valence-electron chi connectivity index (χ4n) is 5.05. The van der Waals surface area contributed by atoms with E-state index in [1.54, 1.807) is 0 Å². The van der Waals surface area contributed by atoms with Crippen molar-refractivity contribution in [3.05, 3.63) is 93.9 Å². The summed E-state index contributed by atoms with van der Waals surface area (Å²) in [6.45, 7) is 3.89. The molecule has 0 spiro atoms. The minimum absolute atomic E-state index is 0.0276. The number of benzene rings is 3. The minimum Gasteiger partial charge on any atom is -0.364 e. The Balaban J connectivity index is 1.68. The standard InChI is InChI=1S/C28H23F6N5O/c1-14-4-3-5-15(2)25(14)39-26(17-11-20(30)23(12-19(17)29)36-27(35)40)18-13-38(9-8-22(18)37-39)24-7-6-16(10-21(24)31)28(32,33)34/h3-7,10-12H,8-9,13H2,1-2H3,(H3,35,36,40). The molecule has 5 rings (SSSR count). The Morgan fingerprint density at radius 3 is 2.30 bits per heavy atom. The maximum Gasteiger partial charge on any atom is 0.416 e. The molecule has 6 nitrogen and oxygen atoms in total. The molecule has 1 aliphatic heterocycles. The van der Waals surface area contributed by atoms with Crippen molar-refractivity contribution in [2.45, 2.75) is 33.0 Å². The Kier molecular flexibility index (Phi) is 6.72. The number of aryl methyl sites for hydroxylation is 2. The molecule has 1 aliphatic rings. The predicted octanol–water partition coefficient (Wildman–Crippen LogP) is 6.65. The number of nitrogens with two attached hydrogens (primary N) is 1. The molecular formula is C28H23F6N5O. The highest BCUT2D eigenvalue weighted by Gasteiger charge is 2.33. The van der Waals surface area contributed by atoms with E-state index in [4.69, 9.17) is 10.8 Å². The molecule has 40 heavy (non-hydrogen) atoms. The Morgan fingerprint density at radius 1 is 0.975 bits per heavy atom. The maximum absolute atomic E-state index is 15.6. The number of hydrogen-bond acceptors (Lipinski definition) is 3. The molecular weight excluding hydrogens is 536 g/mol. The van der Waals surface area contributed by atoms with Crippen LogP contribution in [0.5, 0.6) is 0 Å². The number of aromatic nitrogens is 2. The molecule has 0 radical (unpaired) electrons. The molecule has 0 saturated carbocycles. The second kappa shape index (κ2) is 9.92. The SMILES string of the molecule is Cc1cccc(C)c1-n1nc2c(c1-c1cc(F)c(NC(N)=O)cc1F)CN(c1ccc(C(F)(F)F)cc1F)CC2. The van der Waals surface area contributed by atoms with Gasteiger partial charge in [0.1, 0.15) is 17.5 Å². The average molecular weight is 560 g/mol. The van der Waals surface area contributed by atoms with Crippen molar-refractivity contribution >= 4 is 17.4 Å². The number of primary amides is 1. The average Bonchev–Trinajstić information content (AvgIpc) is 3.23. The number of alkyl halides is 3. The van der Waals surface area contributed by atoms with E-state index in [0.29, 0.717) is 23.0 Å². The van der Waals surface area contributed by atoms with Gasteiger partial charge in [0, 0.05) is 36.7 Å². The van der Waals surface area contributed by atoms with Gasteiger partial charge in [-0.3, -0.25) is 0 Å². The highest BCUT2D eigenvalue weighted by atomic mass is 19.4. The summed E-state index contributed by atoms with van der Waals surface area (Å²) in [5, 5.41) is 6.76. The third kappa shape index (κ3) is 4.85. The van der Waals surface area contributed by atoms with Crippen LogP contribution in [0.15, 0.2) is 48.5 Å². The van der Waals surface area contributed by atoms with E-state index in [-0.39, 0.29) is 36.5 Å². The summed E-state index contributed by atoms with van der Waals surface area (Å²) in [7, 11) is 0. The molecule has 0 saturated heterocycles. The first-order valence-electron chi connectivity index (χ1n) is 12.2. The highest BCUT2D eigenvalue weighted by molar-refractivity contribution is 5.88. The molecule has 0 fully saturated rings. The van der Waals surface area contributed by atoms with E-state index in [2.05, 4.69) is 0 Å². The molecule has 3 aromatic carbocycles. The topological polar surface area (TPSA) is 76.2 Å². The second-order valence-electron chi connectivity index (χ2n) is 9.56. The van der Waals surface area contributed by atoms with Crippen LogP contribution in [0, 0.1) is 31.3 Å². The number of carbonyl (C=O) groups excluding carboxylic acids is 1. The van der Waals surface area contributed by atoms with Crippen LogP contribution in [-0.4, -0.2) is 22.4 Å². The molecule has 2 amide bonds. The summed E-state index contributed by atoms with van der Waals surface area (Å²) in [6, 6.07) is 8.47. The van der Waals surface area contributed by atoms with Crippen LogP contribution in [0.4, 0.5) is 42.5 Å². The molecule has 0 aliphatic carbocycles. The van der Waals surface area contributed by atoms with Gasteiger partial charge >= 0.3 is 12.2 Å². The number of nitrogens with one attached hydrogen (secondary N) is 1. The zero-order chi connectivity index (χ0) is 28.9.